The van der Waals surface area contributed by atoms with Crippen molar-refractivity contribution in [3.8, 4) is 11.1 Å². The third-order valence-electron chi connectivity index (χ3n) is 3.36. The van der Waals surface area contributed by atoms with Crippen LogP contribution in [0.2, 0.25) is 0 Å². The minimum atomic E-state index is 0.675. The second-order valence-electron chi connectivity index (χ2n) is 4.97. The molecule has 116 valence electrons. The van der Waals surface area contributed by atoms with E-state index >= 15 is 0 Å². The van der Waals surface area contributed by atoms with Gasteiger partial charge in [-0.15, -0.1) is 0 Å². The predicted molar refractivity (Wildman–Crippen MR) is 98.5 cm³/mol. The van der Waals surface area contributed by atoms with Crippen LogP contribution in [0.4, 0.5) is 0 Å². The average molecular weight is 303 g/mol. The van der Waals surface area contributed by atoms with Gasteiger partial charge in [-0.05, 0) is 41.8 Å². The predicted octanol–water partition coefficient (Wildman–Crippen LogP) is 5.39. The molecule has 0 saturated heterocycles. The molecule has 0 bridgehead atoms. The fraction of sp³-hybridized carbons (Fsp3) is 0.0952. The molecule has 0 amide bonds. The fourth-order valence-corrected chi connectivity index (χ4v) is 2.05. The molecule has 0 aliphatic rings. The summed E-state index contributed by atoms with van der Waals surface area (Å²) in [6.07, 6.45) is 7.37. The van der Waals surface area contributed by atoms with Gasteiger partial charge in [0.15, 0.2) is 0 Å². The number of ether oxygens (including phenoxy) is 1. The van der Waals surface area contributed by atoms with Crippen LogP contribution in [0.15, 0.2) is 95.9 Å². The van der Waals surface area contributed by atoms with Gasteiger partial charge in [-0.3, -0.25) is 4.99 Å². The lowest BCUT2D eigenvalue weighted by atomic mass is 10.0. The van der Waals surface area contributed by atoms with E-state index in [1.54, 1.807) is 7.11 Å². The van der Waals surface area contributed by atoms with E-state index in [1.165, 1.54) is 11.1 Å². The maximum absolute atomic E-state index is 5.15. The number of rotatable bonds is 6. The maximum atomic E-state index is 5.15. The summed E-state index contributed by atoms with van der Waals surface area (Å²) >= 11 is 0. The van der Waals surface area contributed by atoms with Gasteiger partial charge >= 0.3 is 0 Å². The Morgan fingerprint density at radius 1 is 0.957 bits per heavy atom. The highest BCUT2D eigenvalue weighted by Gasteiger charge is 1.96. The van der Waals surface area contributed by atoms with E-state index in [-0.39, 0.29) is 0 Å². The van der Waals surface area contributed by atoms with E-state index in [2.05, 4.69) is 48.0 Å². The van der Waals surface area contributed by atoms with Crippen LogP contribution in [-0.4, -0.2) is 13.3 Å². The average Bonchev–Trinajstić information content (AvgIpc) is 2.62. The summed E-state index contributed by atoms with van der Waals surface area (Å²) < 4.78 is 5.15. The van der Waals surface area contributed by atoms with E-state index in [1.807, 2.05) is 49.6 Å². The molecular weight excluding hydrogens is 282 g/mol. The largest absolute Gasteiger partial charge is 0.497 e. The van der Waals surface area contributed by atoms with Crippen molar-refractivity contribution < 1.29 is 4.74 Å². The van der Waals surface area contributed by atoms with Crippen molar-refractivity contribution in [1.29, 1.82) is 0 Å². The molecule has 0 fully saturated rings. The summed E-state index contributed by atoms with van der Waals surface area (Å²) in [5.74, 6) is 0.786. The van der Waals surface area contributed by atoms with Gasteiger partial charge < -0.3 is 4.74 Å². The molecule has 0 aromatic heterocycles. The minimum Gasteiger partial charge on any atom is -0.497 e. The molecule has 2 aromatic rings. The summed E-state index contributed by atoms with van der Waals surface area (Å²) in [6.45, 7) is 5.83. The van der Waals surface area contributed by atoms with Crippen LogP contribution >= 0.6 is 0 Å². The monoisotopic (exact) mass is 303 g/mol. The van der Waals surface area contributed by atoms with Crippen molar-refractivity contribution in [3.05, 3.63) is 96.4 Å². The van der Waals surface area contributed by atoms with Crippen LogP contribution in [-0.2, 0) is 4.74 Å². The zero-order valence-corrected chi connectivity index (χ0v) is 13.6. The topological polar surface area (TPSA) is 21.6 Å². The molecule has 23 heavy (non-hydrogen) atoms. The van der Waals surface area contributed by atoms with Gasteiger partial charge in [-0.1, -0.05) is 61.2 Å². The first kappa shape index (κ1) is 16.5. The van der Waals surface area contributed by atoms with Gasteiger partial charge in [0.2, 0.25) is 0 Å². The molecule has 0 aliphatic heterocycles. The second-order valence-corrected chi connectivity index (χ2v) is 4.97. The van der Waals surface area contributed by atoms with Gasteiger partial charge in [0.05, 0.1) is 12.8 Å². The second kappa shape index (κ2) is 8.54. The molecule has 2 rings (SSSR count). The molecule has 2 heteroatoms. The molecule has 0 atom stereocenters. The van der Waals surface area contributed by atoms with Crippen molar-refractivity contribution in [1.82, 2.24) is 0 Å². The number of aliphatic imine (C=N–C) groups is 1. The van der Waals surface area contributed by atoms with Crippen LogP contribution in [0.5, 0.6) is 0 Å². The Kier molecular flexibility index (Phi) is 6.13. The van der Waals surface area contributed by atoms with Crippen molar-refractivity contribution in [2.45, 2.75) is 6.92 Å². The SMILES string of the molecule is C=C(/C=C\C(=C/C)OC)N=Cc1ccc(-c2ccccc2)cc1. The number of benzene rings is 2. The summed E-state index contributed by atoms with van der Waals surface area (Å²) in [6, 6.07) is 18.6. The molecule has 0 N–H and O–H groups in total. The van der Waals surface area contributed by atoms with Gasteiger partial charge in [-0.2, -0.15) is 0 Å². The van der Waals surface area contributed by atoms with Gasteiger partial charge in [0.1, 0.15) is 5.76 Å². The first-order valence-corrected chi connectivity index (χ1v) is 7.50. The Labute approximate surface area is 138 Å². The number of methoxy groups -OCH3 is 1. The summed E-state index contributed by atoms with van der Waals surface area (Å²) in [5, 5.41) is 0. The normalized spacial score (nSPS) is 12.0. The summed E-state index contributed by atoms with van der Waals surface area (Å²) in [5.41, 5.74) is 4.12. The third-order valence-corrected chi connectivity index (χ3v) is 3.36. The maximum Gasteiger partial charge on any atom is 0.114 e. The van der Waals surface area contributed by atoms with Crippen LogP contribution in [0.1, 0.15) is 12.5 Å². The molecule has 2 nitrogen and oxygen atoms in total. The Morgan fingerprint density at radius 2 is 1.61 bits per heavy atom. The van der Waals surface area contributed by atoms with E-state index in [4.69, 9.17) is 4.74 Å². The number of allylic oxidation sites excluding steroid dienone is 3. The zero-order valence-electron chi connectivity index (χ0n) is 13.6. The number of hydrogen-bond acceptors (Lipinski definition) is 2. The van der Waals surface area contributed by atoms with Crippen molar-refractivity contribution >= 4 is 6.21 Å². The minimum absolute atomic E-state index is 0.675. The highest BCUT2D eigenvalue weighted by atomic mass is 16.5. The van der Waals surface area contributed by atoms with Gasteiger partial charge in [-0.25, -0.2) is 0 Å². The van der Waals surface area contributed by atoms with E-state index in [0.29, 0.717) is 5.70 Å². The fourth-order valence-electron chi connectivity index (χ4n) is 2.05. The lowest BCUT2D eigenvalue weighted by molar-refractivity contribution is 0.306. The first-order chi connectivity index (χ1) is 11.2. The molecule has 0 unspecified atom stereocenters. The lowest BCUT2D eigenvalue weighted by Crippen LogP contribution is -1.84. The highest BCUT2D eigenvalue weighted by Crippen LogP contribution is 2.18. The van der Waals surface area contributed by atoms with Crippen LogP contribution < -0.4 is 0 Å². The molecular formula is C21H21NO. The quantitative estimate of drug-likeness (QED) is 0.398. The van der Waals surface area contributed by atoms with Crippen molar-refractivity contribution in [2.24, 2.45) is 4.99 Å². The molecule has 0 aliphatic carbocycles. The summed E-state index contributed by atoms with van der Waals surface area (Å²) in [7, 11) is 1.64. The van der Waals surface area contributed by atoms with E-state index < -0.39 is 0 Å². The standard InChI is InChI=1S/C21H21NO/c1-4-21(23-3)15-10-17(2)22-16-18-11-13-20(14-12-18)19-8-6-5-7-9-19/h4-16H,2H2,1,3H3/b15-10-,21-4+,22-16?. The summed E-state index contributed by atoms with van der Waals surface area (Å²) in [4.78, 5) is 4.35. The molecule has 0 saturated carbocycles. The smallest absolute Gasteiger partial charge is 0.114 e. The van der Waals surface area contributed by atoms with Crippen molar-refractivity contribution in [3.63, 3.8) is 0 Å². The van der Waals surface area contributed by atoms with Gasteiger partial charge in [0, 0.05) is 6.21 Å². The highest BCUT2D eigenvalue weighted by molar-refractivity contribution is 5.81. The molecule has 0 heterocycles. The Morgan fingerprint density at radius 3 is 2.22 bits per heavy atom. The third kappa shape index (κ3) is 5.11. The lowest BCUT2D eigenvalue weighted by Gasteiger charge is -2.01. The zero-order chi connectivity index (χ0) is 16.5. The van der Waals surface area contributed by atoms with E-state index in [9.17, 15) is 0 Å². The molecule has 0 spiro atoms. The Hall–Kier alpha value is -2.87. The van der Waals surface area contributed by atoms with Crippen LogP contribution in [0, 0.1) is 0 Å². The number of hydrogen-bond donors (Lipinski definition) is 0. The van der Waals surface area contributed by atoms with Gasteiger partial charge in [0.25, 0.3) is 0 Å². The molecule has 2 aromatic carbocycles. The van der Waals surface area contributed by atoms with Crippen LogP contribution in [0.25, 0.3) is 11.1 Å². The van der Waals surface area contributed by atoms with E-state index in [0.717, 1.165) is 11.3 Å². The molecule has 0 radical (unpaired) electrons. The Bertz CT molecular complexity index is 722. The van der Waals surface area contributed by atoms with Crippen molar-refractivity contribution in [2.75, 3.05) is 7.11 Å². The Balaban J connectivity index is 2.02. The first-order valence-electron chi connectivity index (χ1n) is 7.50. The van der Waals surface area contributed by atoms with Crippen LogP contribution in [0.3, 0.4) is 0 Å². The number of nitrogens with zero attached hydrogens (tertiary/aromatic N) is 1.